The largest absolute Gasteiger partial charge is 0.407 e. The van der Waals surface area contributed by atoms with Crippen molar-refractivity contribution in [3.63, 3.8) is 0 Å². The van der Waals surface area contributed by atoms with Crippen LogP contribution in [0.4, 0.5) is 6.01 Å². The fraction of sp³-hybridized carbons (Fsp3) is 0.818. The van der Waals surface area contributed by atoms with Gasteiger partial charge in [0.1, 0.15) is 0 Å². The molecule has 1 heterocycles. The molecule has 0 saturated heterocycles. The van der Waals surface area contributed by atoms with Gasteiger partial charge in [0.15, 0.2) is 0 Å². The number of anilines is 1. The number of nitrogens with one attached hydrogen (secondary N) is 2. The summed E-state index contributed by atoms with van der Waals surface area (Å²) in [6, 6.07) is 0.870. The van der Waals surface area contributed by atoms with Crippen LogP contribution < -0.4 is 10.6 Å². The number of rotatable bonds is 10. The van der Waals surface area contributed by atoms with Crippen LogP contribution in [0, 0.1) is 0 Å². The van der Waals surface area contributed by atoms with Gasteiger partial charge in [0.25, 0.3) is 0 Å². The standard InChI is InChI=1S/C11H22N4O2S/c1-4-9(8-18-3)13-11-15-14-10(17-11)7-12-5-6-16-2/h9,12H,4-8H2,1-3H3,(H,13,15). The summed E-state index contributed by atoms with van der Waals surface area (Å²) in [5.41, 5.74) is 0. The van der Waals surface area contributed by atoms with Crippen LogP contribution in [0.25, 0.3) is 0 Å². The second kappa shape index (κ2) is 9.18. The molecule has 104 valence electrons. The fourth-order valence-corrected chi connectivity index (χ4v) is 2.11. The molecule has 0 aliphatic heterocycles. The fourth-order valence-electron chi connectivity index (χ4n) is 1.39. The summed E-state index contributed by atoms with van der Waals surface area (Å²) in [5, 5.41) is 14.3. The summed E-state index contributed by atoms with van der Waals surface area (Å²) in [6.45, 7) is 4.14. The molecular formula is C11H22N4O2S. The zero-order valence-corrected chi connectivity index (χ0v) is 12.0. The highest BCUT2D eigenvalue weighted by Gasteiger charge is 2.10. The Labute approximate surface area is 112 Å². The quantitative estimate of drug-likeness (QED) is 0.624. The number of methoxy groups -OCH3 is 1. The Morgan fingerprint density at radius 1 is 1.44 bits per heavy atom. The summed E-state index contributed by atoms with van der Waals surface area (Å²) in [7, 11) is 1.67. The van der Waals surface area contributed by atoms with Gasteiger partial charge in [-0.1, -0.05) is 12.0 Å². The lowest BCUT2D eigenvalue weighted by Gasteiger charge is -2.12. The average Bonchev–Trinajstić information content (AvgIpc) is 2.82. The molecule has 0 aromatic carbocycles. The number of ether oxygens (including phenoxy) is 1. The smallest absolute Gasteiger partial charge is 0.315 e. The molecule has 0 amide bonds. The van der Waals surface area contributed by atoms with Gasteiger partial charge in [-0.15, -0.1) is 5.10 Å². The van der Waals surface area contributed by atoms with Crippen molar-refractivity contribution < 1.29 is 9.15 Å². The first-order valence-corrected chi connectivity index (χ1v) is 7.47. The van der Waals surface area contributed by atoms with Crippen molar-refractivity contribution >= 4 is 17.8 Å². The zero-order valence-electron chi connectivity index (χ0n) is 11.2. The maximum Gasteiger partial charge on any atom is 0.315 e. The highest BCUT2D eigenvalue weighted by atomic mass is 32.2. The molecule has 1 aromatic rings. The Morgan fingerprint density at radius 3 is 2.94 bits per heavy atom. The average molecular weight is 274 g/mol. The summed E-state index contributed by atoms with van der Waals surface area (Å²) >= 11 is 1.80. The lowest BCUT2D eigenvalue weighted by atomic mass is 10.3. The molecule has 1 atom stereocenters. The van der Waals surface area contributed by atoms with Gasteiger partial charge >= 0.3 is 6.01 Å². The van der Waals surface area contributed by atoms with Crippen LogP contribution in [-0.4, -0.2) is 48.5 Å². The number of hydrogen-bond donors (Lipinski definition) is 2. The second-order valence-electron chi connectivity index (χ2n) is 3.88. The van der Waals surface area contributed by atoms with E-state index in [-0.39, 0.29) is 0 Å². The molecule has 2 N–H and O–H groups in total. The third-order valence-electron chi connectivity index (χ3n) is 2.41. The predicted octanol–water partition coefficient (Wildman–Crippen LogP) is 1.36. The van der Waals surface area contributed by atoms with E-state index in [1.165, 1.54) is 0 Å². The van der Waals surface area contributed by atoms with Crippen molar-refractivity contribution in [1.29, 1.82) is 0 Å². The van der Waals surface area contributed by atoms with E-state index >= 15 is 0 Å². The number of nitrogens with zero attached hydrogens (tertiary/aromatic N) is 2. The summed E-state index contributed by atoms with van der Waals surface area (Å²) in [4.78, 5) is 0. The molecule has 18 heavy (non-hydrogen) atoms. The van der Waals surface area contributed by atoms with Crippen LogP contribution in [-0.2, 0) is 11.3 Å². The molecule has 7 heteroatoms. The molecule has 0 spiro atoms. The summed E-state index contributed by atoms with van der Waals surface area (Å²) < 4.78 is 10.4. The van der Waals surface area contributed by atoms with E-state index < -0.39 is 0 Å². The van der Waals surface area contributed by atoms with Gasteiger partial charge in [0, 0.05) is 25.4 Å². The van der Waals surface area contributed by atoms with Crippen molar-refractivity contribution in [2.45, 2.75) is 25.9 Å². The third-order valence-corrected chi connectivity index (χ3v) is 3.15. The van der Waals surface area contributed by atoms with Gasteiger partial charge in [-0.25, -0.2) is 0 Å². The Morgan fingerprint density at radius 2 is 2.28 bits per heavy atom. The maximum absolute atomic E-state index is 5.50. The van der Waals surface area contributed by atoms with E-state index in [1.54, 1.807) is 18.9 Å². The molecule has 0 radical (unpaired) electrons. The number of thioether (sulfide) groups is 1. The van der Waals surface area contributed by atoms with Crippen molar-refractivity contribution in [3.05, 3.63) is 5.89 Å². The first-order chi connectivity index (χ1) is 8.80. The van der Waals surface area contributed by atoms with Crippen LogP contribution in [0.1, 0.15) is 19.2 Å². The van der Waals surface area contributed by atoms with E-state index in [2.05, 4.69) is 34.0 Å². The molecule has 0 aliphatic carbocycles. The Hall–Kier alpha value is -0.790. The van der Waals surface area contributed by atoms with Gasteiger partial charge in [-0.2, -0.15) is 11.8 Å². The highest BCUT2D eigenvalue weighted by Crippen LogP contribution is 2.11. The zero-order chi connectivity index (χ0) is 13.2. The van der Waals surface area contributed by atoms with Gasteiger partial charge in [0.2, 0.25) is 5.89 Å². The van der Waals surface area contributed by atoms with Crippen LogP contribution in [0.2, 0.25) is 0 Å². The lowest BCUT2D eigenvalue weighted by molar-refractivity contribution is 0.198. The summed E-state index contributed by atoms with van der Waals surface area (Å²) in [5.74, 6) is 1.62. The molecular weight excluding hydrogens is 252 g/mol. The minimum absolute atomic E-state index is 0.370. The van der Waals surface area contributed by atoms with Gasteiger partial charge in [-0.3, -0.25) is 0 Å². The van der Waals surface area contributed by atoms with Crippen molar-refractivity contribution in [1.82, 2.24) is 15.5 Å². The van der Waals surface area contributed by atoms with Crippen molar-refractivity contribution in [2.24, 2.45) is 0 Å². The molecule has 1 rings (SSSR count). The molecule has 0 saturated carbocycles. The molecule has 1 unspecified atom stereocenters. The van der Waals surface area contributed by atoms with E-state index in [9.17, 15) is 0 Å². The Bertz CT molecular complexity index is 322. The topological polar surface area (TPSA) is 72.2 Å². The number of hydrogen-bond acceptors (Lipinski definition) is 7. The van der Waals surface area contributed by atoms with Gasteiger partial charge < -0.3 is 19.8 Å². The van der Waals surface area contributed by atoms with Crippen LogP contribution in [0.5, 0.6) is 0 Å². The van der Waals surface area contributed by atoms with Crippen LogP contribution >= 0.6 is 11.8 Å². The van der Waals surface area contributed by atoms with Gasteiger partial charge in [0.05, 0.1) is 13.2 Å². The third kappa shape index (κ3) is 5.70. The molecule has 0 aliphatic rings. The van der Waals surface area contributed by atoms with Crippen molar-refractivity contribution in [2.75, 3.05) is 37.6 Å². The maximum atomic E-state index is 5.50. The van der Waals surface area contributed by atoms with Crippen molar-refractivity contribution in [3.8, 4) is 0 Å². The van der Waals surface area contributed by atoms with E-state index in [0.717, 1.165) is 18.7 Å². The highest BCUT2D eigenvalue weighted by molar-refractivity contribution is 7.98. The predicted molar refractivity (Wildman–Crippen MR) is 74.0 cm³/mol. The first kappa shape index (κ1) is 15.3. The molecule has 0 bridgehead atoms. The normalized spacial score (nSPS) is 12.6. The number of aromatic nitrogens is 2. The lowest BCUT2D eigenvalue weighted by Crippen LogP contribution is -2.21. The Balaban J connectivity index is 2.33. The molecule has 6 nitrogen and oxygen atoms in total. The van der Waals surface area contributed by atoms with E-state index in [4.69, 9.17) is 9.15 Å². The SMILES string of the molecule is CCC(CSC)Nc1nnc(CNCCOC)o1. The second-order valence-corrected chi connectivity index (χ2v) is 4.79. The Kier molecular flexibility index (Phi) is 7.79. The van der Waals surface area contributed by atoms with E-state index in [1.807, 2.05) is 0 Å². The molecule has 0 fully saturated rings. The monoisotopic (exact) mass is 274 g/mol. The molecule has 1 aromatic heterocycles. The van der Waals surface area contributed by atoms with Crippen LogP contribution in [0.15, 0.2) is 4.42 Å². The summed E-state index contributed by atoms with van der Waals surface area (Å²) in [6.07, 6.45) is 3.12. The first-order valence-electron chi connectivity index (χ1n) is 6.07. The van der Waals surface area contributed by atoms with E-state index in [0.29, 0.717) is 31.1 Å². The van der Waals surface area contributed by atoms with Crippen LogP contribution in [0.3, 0.4) is 0 Å². The van der Waals surface area contributed by atoms with Gasteiger partial charge in [-0.05, 0) is 12.7 Å². The minimum Gasteiger partial charge on any atom is -0.407 e. The minimum atomic E-state index is 0.370.